The van der Waals surface area contributed by atoms with Gasteiger partial charge in [-0.2, -0.15) is 0 Å². The molecule has 3 rings (SSSR count). The lowest BCUT2D eigenvalue weighted by Gasteiger charge is -2.14. The van der Waals surface area contributed by atoms with Crippen molar-refractivity contribution in [2.24, 2.45) is 0 Å². The Morgan fingerprint density at radius 3 is 2.89 bits per heavy atom. The normalized spacial score (nSPS) is 14.0. The summed E-state index contributed by atoms with van der Waals surface area (Å²) in [5.41, 5.74) is 2.88. The summed E-state index contributed by atoms with van der Waals surface area (Å²) >= 11 is 0. The molecule has 0 fully saturated rings. The highest BCUT2D eigenvalue weighted by atomic mass is 16.5. The van der Waals surface area contributed by atoms with Crippen LogP contribution < -0.4 is 15.4 Å². The number of hydrogen-bond acceptors (Lipinski definition) is 6. The third-order valence-corrected chi connectivity index (χ3v) is 4.84. The molecule has 8 heteroatoms. The quantitative estimate of drug-likeness (QED) is 0.703. The molecular weight excluding hydrogens is 358 g/mol. The van der Waals surface area contributed by atoms with Crippen LogP contribution in [0.3, 0.4) is 0 Å². The number of carbonyl (C=O) groups excluding carboxylic acids is 2. The van der Waals surface area contributed by atoms with Crippen molar-refractivity contribution in [1.29, 1.82) is 0 Å². The molecule has 1 atom stereocenters. The Labute approximate surface area is 164 Å². The Balaban J connectivity index is 1.71. The molecule has 1 aliphatic heterocycles. The molecule has 3 heterocycles. The number of fused-ring (bicyclic) bond motifs is 1. The summed E-state index contributed by atoms with van der Waals surface area (Å²) < 4.78 is 5.37. The maximum absolute atomic E-state index is 12.8. The van der Waals surface area contributed by atoms with E-state index in [1.807, 2.05) is 18.2 Å². The van der Waals surface area contributed by atoms with Crippen LogP contribution in [0.4, 0.5) is 0 Å². The molecule has 0 spiro atoms. The smallest absolute Gasteiger partial charge is 0.256 e. The third kappa shape index (κ3) is 4.28. The van der Waals surface area contributed by atoms with Gasteiger partial charge >= 0.3 is 0 Å². The van der Waals surface area contributed by atoms with Crippen LogP contribution in [0.15, 0.2) is 30.5 Å². The van der Waals surface area contributed by atoms with Crippen LogP contribution in [-0.2, 0) is 24.3 Å². The Bertz CT molecular complexity index is 856. The minimum absolute atomic E-state index is 0.0581. The summed E-state index contributed by atoms with van der Waals surface area (Å²) in [5.74, 6) is 0.237. The lowest BCUT2D eigenvalue weighted by Crippen LogP contribution is -2.40. The van der Waals surface area contributed by atoms with Crippen molar-refractivity contribution in [1.82, 2.24) is 25.5 Å². The van der Waals surface area contributed by atoms with E-state index in [4.69, 9.17) is 4.74 Å². The maximum atomic E-state index is 12.8. The second kappa shape index (κ2) is 8.79. The maximum Gasteiger partial charge on any atom is 0.256 e. The van der Waals surface area contributed by atoms with Crippen LogP contribution in [0.2, 0.25) is 0 Å². The zero-order valence-electron chi connectivity index (χ0n) is 16.4. The van der Waals surface area contributed by atoms with Crippen LogP contribution in [0.5, 0.6) is 5.88 Å². The second-order valence-electron chi connectivity index (χ2n) is 6.68. The first-order valence-corrected chi connectivity index (χ1v) is 9.24. The molecule has 2 aromatic heterocycles. The fourth-order valence-corrected chi connectivity index (χ4v) is 3.05. The molecule has 28 heavy (non-hydrogen) atoms. The molecule has 1 unspecified atom stereocenters. The molecule has 2 amide bonds. The van der Waals surface area contributed by atoms with Crippen LogP contribution in [0.25, 0.3) is 0 Å². The summed E-state index contributed by atoms with van der Waals surface area (Å²) in [6, 6.07) is 7.22. The average Bonchev–Trinajstić information content (AvgIpc) is 3.04. The summed E-state index contributed by atoms with van der Waals surface area (Å²) in [5, 5.41) is 5.72. The molecule has 2 aromatic rings. The van der Waals surface area contributed by atoms with Gasteiger partial charge in [0.2, 0.25) is 11.8 Å². The van der Waals surface area contributed by atoms with Crippen LogP contribution in [-0.4, -0.2) is 53.4 Å². The van der Waals surface area contributed by atoms with Crippen molar-refractivity contribution >= 4 is 11.8 Å². The third-order valence-electron chi connectivity index (χ3n) is 4.84. The molecule has 8 nitrogen and oxygen atoms in total. The molecular formula is C20H25N5O3. The molecule has 0 saturated carbocycles. The Morgan fingerprint density at radius 1 is 1.39 bits per heavy atom. The lowest BCUT2D eigenvalue weighted by molar-refractivity contribution is -0.122. The van der Waals surface area contributed by atoms with Gasteiger partial charge in [-0.15, -0.1) is 0 Å². The van der Waals surface area contributed by atoms with Gasteiger partial charge < -0.3 is 20.3 Å². The van der Waals surface area contributed by atoms with Crippen molar-refractivity contribution in [2.75, 3.05) is 20.7 Å². The van der Waals surface area contributed by atoms with Gasteiger partial charge in [-0.1, -0.05) is 6.07 Å². The standard InChI is InChI=1S/C20H25N5O3/c1-13(21-2)18(26)23-11-14-10-16-17(24-19(14)28-3)12-25(20(16)27)9-7-15-6-4-5-8-22-15/h4-6,8,10,13,21H,7,9,11-12H2,1-3H3,(H,23,26). The van der Waals surface area contributed by atoms with Crippen molar-refractivity contribution < 1.29 is 14.3 Å². The largest absolute Gasteiger partial charge is 0.481 e. The van der Waals surface area contributed by atoms with E-state index in [-0.39, 0.29) is 24.4 Å². The highest BCUT2D eigenvalue weighted by molar-refractivity contribution is 5.98. The summed E-state index contributed by atoms with van der Waals surface area (Å²) in [6.45, 7) is 3.03. The number of rotatable bonds is 8. The fraction of sp³-hybridized carbons (Fsp3) is 0.400. The monoisotopic (exact) mass is 383 g/mol. The van der Waals surface area contributed by atoms with Crippen molar-refractivity contribution in [3.8, 4) is 5.88 Å². The van der Waals surface area contributed by atoms with E-state index in [2.05, 4.69) is 20.6 Å². The molecule has 0 radical (unpaired) electrons. The van der Waals surface area contributed by atoms with Gasteiger partial charge in [0.25, 0.3) is 5.91 Å². The number of methoxy groups -OCH3 is 1. The van der Waals surface area contributed by atoms with E-state index >= 15 is 0 Å². The van der Waals surface area contributed by atoms with Crippen molar-refractivity contribution in [2.45, 2.75) is 32.5 Å². The number of aromatic nitrogens is 2. The van der Waals surface area contributed by atoms with Gasteiger partial charge in [0.15, 0.2) is 0 Å². The zero-order valence-corrected chi connectivity index (χ0v) is 16.4. The molecule has 0 aromatic carbocycles. The lowest BCUT2D eigenvalue weighted by atomic mass is 10.1. The predicted octanol–water partition coefficient (Wildman–Crippen LogP) is 0.908. The van der Waals surface area contributed by atoms with E-state index < -0.39 is 0 Å². The number of amides is 2. The summed E-state index contributed by atoms with van der Waals surface area (Å²) in [4.78, 5) is 35.4. The first-order valence-electron chi connectivity index (χ1n) is 9.24. The van der Waals surface area contributed by atoms with E-state index in [1.165, 1.54) is 7.11 Å². The zero-order chi connectivity index (χ0) is 20.1. The van der Waals surface area contributed by atoms with Crippen molar-refractivity contribution in [3.05, 3.63) is 53.0 Å². The molecule has 0 aliphatic carbocycles. The second-order valence-corrected chi connectivity index (χ2v) is 6.68. The predicted molar refractivity (Wildman–Crippen MR) is 104 cm³/mol. The van der Waals surface area contributed by atoms with Crippen LogP contribution in [0.1, 0.15) is 34.2 Å². The van der Waals surface area contributed by atoms with Gasteiger partial charge in [0, 0.05) is 37.0 Å². The SMILES string of the molecule is CNC(C)C(=O)NCc1cc2c(nc1OC)CN(CCc1ccccn1)C2=O. The Hall–Kier alpha value is -3.00. The number of carbonyl (C=O) groups is 2. The number of hydrogen-bond donors (Lipinski definition) is 2. The molecule has 0 saturated heterocycles. The van der Waals surface area contributed by atoms with Gasteiger partial charge in [0.1, 0.15) is 0 Å². The first-order chi connectivity index (χ1) is 13.5. The molecule has 2 N–H and O–H groups in total. The van der Waals surface area contributed by atoms with Crippen LogP contribution in [0, 0.1) is 0 Å². The molecule has 148 valence electrons. The first kappa shape index (κ1) is 19.8. The van der Waals surface area contributed by atoms with Crippen LogP contribution >= 0.6 is 0 Å². The number of nitrogens with one attached hydrogen (secondary N) is 2. The molecule has 0 bridgehead atoms. The van der Waals surface area contributed by atoms with E-state index in [9.17, 15) is 9.59 Å². The van der Waals surface area contributed by atoms with E-state index in [1.54, 1.807) is 31.1 Å². The fourth-order valence-electron chi connectivity index (χ4n) is 3.05. The summed E-state index contributed by atoms with van der Waals surface area (Å²) in [6.07, 6.45) is 2.43. The van der Waals surface area contributed by atoms with Gasteiger partial charge in [-0.05, 0) is 32.2 Å². The molecule has 1 aliphatic rings. The number of nitrogens with zero attached hydrogens (tertiary/aromatic N) is 3. The van der Waals surface area contributed by atoms with Gasteiger partial charge in [0.05, 0.1) is 31.0 Å². The Morgan fingerprint density at radius 2 is 2.21 bits per heavy atom. The summed E-state index contributed by atoms with van der Waals surface area (Å²) in [7, 11) is 3.26. The average molecular weight is 383 g/mol. The number of pyridine rings is 2. The highest BCUT2D eigenvalue weighted by Gasteiger charge is 2.30. The van der Waals surface area contributed by atoms with Crippen molar-refractivity contribution in [3.63, 3.8) is 0 Å². The van der Waals surface area contributed by atoms with E-state index in [0.717, 1.165) is 5.69 Å². The minimum Gasteiger partial charge on any atom is -0.481 e. The Kier molecular flexibility index (Phi) is 6.20. The highest BCUT2D eigenvalue weighted by Crippen LogP contribution is 2.27. The topological polar surface area (TPSA) is 96.4 Å². The van der Waals surface area contributed by atoms with Gasteiger partial charge in [-0.25, -0.2) is 4.98 Å². The number of likely N-dealkylation sites (N-methyl/N-ethyl adjacent to an activating group) is 1. The van der Waals surface area contributed by atoms with E-state index in [0.29, 0.717) is 42.2 Å². The van der Waals surface area contributed by atoms with Gasteiger partial charge in [-0.3, -0.25) is 14.6 Å². The number of ether oxygens (including phenoxy) is 1. The minimum atomic E-state index is -0.308.